The van der Waals surface area contributed by atoms with Crippen molar-refractivity contribution in [3.8, 4) is 23.1 Å². The highest BCUT2D eigenvalue weighted by Gasteiger charge is 2.15. The average molecular weight is 479 g/mol. The van der Waals surface area contributed by atoms with E-state index >= 15 is 0 Å². The third-order valence-corrected chi connectivity index (χ3v) is 4.00. The van der Waals surface area contributed by atoms with Gasteiger partial charge in [0.25, 0.3) is 0 Å². The molecule has 6 nitrogen and oxygen atoms in total. The number of benzene rings is 1. The number of rotatable bonds is 1. The molecule has 0 aliphatic rings. The highest BCUT2D eigenvalue weighted by Crippen LogP contribution is 2.33. The van der Waals surface area contributed by atoms with Crippen LogP contribution in [-0.2, 0) is 0 Å². The molecule has 0 saturated carbocycles. The van der Waals surface area contributed by atoms with Crippen molar-refractivity contribution in [1.82, 2.24) is 9.97 Å². The molecule has 0 radical (unpaired) electrons. The number of nitrogens with two attached hydrogens (primary N) is 2. The van der Waals surface area contributed by atoms with Gasteiger partial charge in [-0.2, -0.15) is 10.2 Å². The molecule has 1 heterocycles. The summed E-state index contributed by atoms with van der Waals surface area (Å²) < 4.78 is 1.30. The molecule has 1 aromatic carbocycles. The second kappa shape index (κ2) is 5.33. The summed E-state index contributed by atoms with van der Waals surface area (Å²) in [5.74, 6) is 0.242. The molecule has 19 heavy (non-hydrogen) atoms. The molecule has 0 spiro atoms. The van der Waals surface area contributed by atoms with Gasteiger partial charge in [-0.25, -0.2) is 4.98 Å². The summed E-state index contributed by atoms with van der Waals surface area (Å²) in [6.45, 7) is 0. The van der Waals surface area contributed by atoms with Crippen LogP contribution in [0.3, 0.4) is 0 Å². The van der Waals surface area contributed by atoms with Crippen molar-refractivity contribution in [2.24, 2.45) is 0 Å². The Hall–Kier alpha value is -1.35. The summed E-state index contributed by atoms with van der Waals surface area (Å²) in [5.41, 5.74) is 12.4. The summed E-state index contributed by atoms with van der Waals surface area (Å²) in [6.07, 6.45) is 0. The maximum absolute atomic E-state index is 9.75. The van der Waals surface area contributed by atoms with Crippen molar-refractivity contribution >= 4 is 56.9 Å². The van der Waals surface area contributed by atoms with Crippen LogP contribution < -0.4 is 11.5 Å². The minimum absolute atomic E-state index is 0.00425. The Bertz CT molecular complexity index is 688. The number of phenolic OH excluding ortho intramolecular Hbond substituents is 1. The zero-order valence-corrected chi connectivity index (χ0v) is 13.7. The van der Waals surface area contributed by atoms with Gasteiger partial charge in [0.2, 0.25) is 5.95 Å². The van der Waals surface area contributed by atoms with Crippen LogP contribution in [0, 0.1) is 18.5 Å². The van der Waals surface area contributed by atoms with E-state index in [2.05, 4.69) is 9.97 Å². The van der Waals surface area contributed by atoms with E-state index in [0.717, 1.165) is 0 Å². The fraction of sp³-hybridized carbons (Fsp3) is 0. The van der Waals surface area contributed by atoms with E-state index in [1.807, 2.05) is 51.3 Å². The highest BCUT2D eigenvalue weighted by atomic mass is 127. The molecular weight excluding hydrogens is 472 g/mol. The molecule has 2 rings (SSSR count). The zero-order valence-electron chi connectivity index (χ0n) is 9.35. The van der Waals surface area contributed by atoms with E-state index in [0.29, 0.717) is 18.4 Å². The Morgan fingerprint density at radius 2 is 1.74 bits per heavy atom. The number of nitriles is 1. The molecule has 0 unspecified atom stereocenters. The van der Waals surface area contributed by atoms with Gasteiger partial charge in [-0.1, -0.05) is 0 Å². The van der Waals surface area contributed by atoms with Gasteiger partial charge in [-0.3, -0.25) is 0 Å². The van der Waals surface area contributed by atoms with Gasteiger partial charge in [-0.05, 0) is 57.3 Å². The molecule has 0 bridgehead atoms. The Kier molecular flexibility index (Phi) is 3.95. The molecule has 0 fully saturated rings. The number of nitrogen functional groups attached to an aromatic ring is 2. The van der Waals surface area contributed by atoms with Crippen molar-refractivity contribution < 1.29 is 5.11 Å². The van der Waals surface area contributed by atoms with Crippen molar-refractivity contribution in [3.63, 3.8) is 0 Å². The normalized spacial score (nSPS) is 10.2. The lowest BCUT2D eigenvalue weighted by molar-refractivity contribution is 0.468. The molecule has 5 N–H and O–H groups in total. The van der Waals surface area contributed by atoms with Crippen LogP contribution in [0.5, 0.6) is 5.75 Å². The Morgan fingerprint density at radius 3 is 2.26 bits per heavy atom. The Balaban J connectivity index is 2.76. The monoisotopic (exact) mass is 479 g/mol. The first-order valence-electron chi connectivity index (χ1n) is 4.95. The van der Waals surface area contributed by atoms with Crippen molar-refractivity contribution in [2.75, 3.05) is 11.5 Å². The maximum Gasteiger partial charge on any atom is 0.222 e. The molecule has 0 amide bonds. The van der Waals surface area contributed by atoms with Gasteiger partial charge in [-0.15, -0.1) is 0 Å². The number of nitrogens with zero attached hydrogens (tertiary/aromatic N) is 3. The Labute approximate surface area is 136 Å². The van der Waals surface area contributed by atoms with E-state index in [1.165, 1.54) is 0 Å². The van der Waals surface area contributed by atoms with E-state index < -0.39 is 0 Å². The molecule has 0 aliphatic carbocycles. The van der Waals surface area contributed by atoms with Crippen LogP contribution in [0.15, 0.2) is 12.1 Å². The quantitative estimate of drug-likeness (QED) is 0.539. The topological polar surface area (TPSA) is 122 Å². The minimum atomic E-state index is 0.00425. The first-order valence-corrected chi connectivity index (χ1v) is 7.11. The van der Waals surface area contributed by atoms with E-state index in [9.17, 15) is 5.11 Å². The lowest BCUT2D eigenvalue weighted by atomic mass is 10.1. The first kappa shape index (κ1) is 14.1. The van der Waals surface area contributed by atoms with Crippen LogP contribution in [0.4, 0.5) is 11.8 Å². The average Bonchev–Trinajstić information content (AvgIpc) is 2.34. The van der Waals surface area contributed by atoms with E-state index in [1.54, 1.807) is 12.1 Å². The van der Waals surface area contributed by atoms with Crippen LogP contribution in [-0.4, -0.2) is 15.1 Å². The van der Waals surface area contributed by atoms with Gasteiger partial charge in [0, 0.05) is 5.56 Å². The largest absolute Gasteiger partial charge is 0.506 e. The summed E-state index contributed by atoms with van der Waals surface area (Å²) >= 11 is 4.00. The van der Waals surface area contributed by atoms with Crippen molar-refractivity contribution in [3.05, 3.63) is 24.8 Å². The molecule has 1 aromatic heterocycles. The van der Waals surface area contributed by atoms with Gasteiger partial charge >= 0.3 is 0 Å². The van der Waals surface area contributed by atoms with Crippen LogP contribution >= 0.6 is 45.2 Å². The number of hydrogen-bond acceptors (Lipinski definition) is 6. The second-order valence-electron chi connectivity index (χ2n) is 3.59. The lowest BCUT2D eigenvalue weighted by Crippen LogP contribution is -2.05. The number of anilines is 2. The predicted octanol–water partition coefficient (Wildman–Crippen LogP) is 2.09. The molecule has 8 heteroatoms. The van der Waals surface area contributed by atoms with Crippen molar-refractivity contribution in [2.45, 2.75) is 0 Å². The number of hydrogen-bond donors (Lipinski definition) is 3. The minimum Gasteiger partial charge on any atom is -0.506 e. The summed E-state index contributed by atoms with van der Waals surface area (Å²) in [7, 11) is 0. The van der Waals surface area contributed by atoms with E-state index in [4.69, 9.17) is 16.7 Å². The third-order valence-electron chi connectivity index (χ3n) is 2.36. The molecule has 0 atom stereocenters. The zero-order chi connectivity index (χ0) is 14.2. The maximum atomic E-state index is 9.75. The fourth-order valence-corrected chi connectivity index (χ4v) is 3.29. The molecule has 2 aromatic rings. The summed E-state index contributed by atoms with van der Waals surface area (Å²) in [5, 5.41) is 18.9. The number of phenols is 1. The Morgan fingerprint density at radius 1 is 1.16 bits per heavy atom. The molecule has 0 saturated heterocycles. The number of aromatic hydroxyl groups is 1. The second-order valence-corrected chi connectivity index (χ2v) is 5.92. The van der Waals surface area contributed by atoms with Crippen LogP contribution in [0.25, 0.3) is 11.3 Å². The third kappa shape index (κ3) is 2.66. The van der Waals surface area contributed by atoms with Gasteiger partial charge < -0.3 is 16.6 Å². The highest BCUT2D eigenvalue weighted by molar-refractivity contribution is 14.1. The van der Waals surface area contributed by atoms with Gasteiger partial charge in [0.1, 0.15) is 23.2 Å². The lowest BCUT2D eigenvalue weighted by Gasteiger charge is -2.09. The van der Waals surface area contributed by atoms with E-state index in [-0.39, 0.29) is 23.1 Å². The molecular formula is C11H7I2N5O. The molecule has 0 aliphatic heterocycles. The van der Waals surface area contributed by atoms with Gasteiger partial charge in [0.05, 0.1) is 12.8 Å². The first-order chi connectivity index (χ1) is 8.93. The smallest absolute Gasteiger partial charge is 0.222 e. The number of aromatic nitrogens is 2. The van der Waals surface area contributed by atoms with Crippen LogP contribution in [0.2, 0.25) is 0 Å². The standard InChI is InChI=1S/C11H7I2N5O/c12-6-1-4(2-7(13)9(6)19)8-5(3-14)10(15)18-11(16)17-8/h1-2,19H,(H4,15,16,17,18). The summed E-state index contributed by atoms with van der Waals surface area (Å²) in [4.78, 5) is 7.82. The number of halogens is 2. The summed E-state index contributed by atoms with van der Waals surface area (Å²) in [6, 6.07) is 5.39. The predicted molar refractivity (Wildman–Crippen MR) is 88.1 cm³/mol. The fourth-order valence-electron chi connectivity index (χ4n) is 1.52. The molecule has 96 valence electrons. The van der Waals surface area contributed by atoms with Crippen LogP contribution in [0.1, 0.15) is 5.56 Å². The van der Waals surface area contributed by atoms with Crippen molar-refractivity contribution in [1.29, 1.82) is 5.26 Å². The van der Waals surface area contributed by atoms with Gasteiger partial charge in [0.15, 0.2) is 0 Å². The SMILES string of the molecule is N#Cc1c(N)nc(N)nc1-c1cc(I)c(O)c(I)c1.